The van der Waals surface area contributed by atoms with Crippen LogP contribution in [0.25, 0.3) is 11.1 Å². The van der Waals surface area contributed by atoms with Gasteiger partial charge in [-0.15, -0.1) is 11.8 Å². The van der Waals surface area contributed by atoms with E-state index in [0.717, 1.165) is 35.6 Å². The summed E-state index contributed by atoms with van der Waals surface area (Å²) in [6.07, 6.45) is 3.07. The first kappa shape index (κ1) is 16.9. The Hall–Kier alpha value is -1.45. The van der Waals surface area contributed by atoms with Crippen LogP contribution in [0.1, 0.15) is 25.7 Å². The molecule has 0 aliphatic carbocycles. The van der Waals surface area contributed by atoms with Gasteiger partial charge in [-0.3, -0.25) is 4.79 Å². The second-order valence-electron chi connectivity index (χ2n) is 5.08. The Labute approximate surface area is 140 Å². The molecule has 0 aliphatic rings. The number of unbranched alkanes of at least 4 members (excludes halogenated alkanes) is 2. The molecule has 2 rings (SSSR count). The third kappa shape index (κ3) is 5.74. The summed E-state index contributed by atoms with van der Waals surface area (Å²) in [7, 11) is 0. The molecule has 0 bridgehead atoms. The number of hydrogen-bond acceptors (Lipinski definition) is 2. The molecule has 2 nitrogen and oxygen atoms in total. The highest BCUT2D eigenvalue weighted by Gasteiger charge is 2.00. The monoisotopic (exact) mass is 334 g/mol. The summed E-state index contributed by atoms with van der Waals surface area (Å²) in [6.45, 7) is 0. The predicted molar refractivity (Wildman–Crippen MR) is 93.7 cm³/mol. The largest absolute Gasteiger partial charge is 0.481 e. The number of rotatable bonds is 8. The lowest BCUT2D eigenvalue weighted by Gasteiger charge is -2.05. The van der Waals surface area contributed by atoms with E-state index in [1.54, 1.807) is 0 Å². The van der Waals surface area contributed by atoms with Crippen molar-refractivity contribution in [2.75, 3.05) is 5.75 Å². The molecule has 0 atom stereocenters. The first-order valence-electron chi connectivity index (χ1n) is 7.36. The van der Waals surface area contributed by atoms with Crippen molar-refractivity contribution in [3.05, 3.63) is 53.6 Å². The zero-order valence-corrected chi connectivity index (χ0v) is 13.9. The highest BCUT2D eigenvalue weighted by Crippen LogP contribution is 2.26. The number of aliphatic carboxylic acids is 1. The van der Waals surface area contributed by atoms with Crippen LogP contribution >= 0.6 is 23.4 Å². The quantitative estimate of drug-likeness (QED) is 0.493. The van der Waals surface area contributed by atoms with Crippen LogP contribution in [0.5, 0.6) is 0 Å². The van der Waals surface area contributed by atoms with E-state index in [0.29, 0.717) is 0 Å². The Morgan fingerprint density at radius 3 is 2.09 bits per heavy atom. The average Bonchev–Trinajstić information content (AvgIpc) is 2.52. The summed E-state index contributed by atoms with van der Waals surface area (Å²) in [5, 5.41) is 9.32. The number of halogens is 1. The minimum absolute atomic E-state index is 0.278. The third-order valence-electron chi connectivity index (χ3n) is 3.34. The van der Waals surface area contributed by atoms with Gasteiger partial charge in [0.2, 0.25) is 0 Å². The van der Waals surface area contributed by atoms with Gasteiger partial charge in [0.25, 0.3) is 0 Å². The molecule has 2 aromatic carbocycles. The molecule has 22 heavy (non-hydrogen) atoms. The first-order valence-corrected chi connectivity index (χ1v) is 8.72. The van der Waals surface area contributed by atoms with E-state index >= 15 is 0 Å². The topological polar surface area (TPSA) is 37.3 Å². The molecule has 4 heteroatoms. The van der Waals surface area contributed by atoms with Gasteiger partial charge in [-0.05, 0) is 54.0 Å². The SMILES string of the molecule is O=C(O)CCCCCSc1ccc(-c2ccc(Cl)cc2)cc1. The van der Waals surface area contributed by atoms with Crippen molar-refractivity contribution >= 4 is 29.3 Å². The van der Waals surface area contributed by atoms with E-state index in [1.165, 1.54) is 10.5 Å². The Bertz CT molecular complexity index is 593. The number of carbonyl (C=O) groups is 1. The molecule has 2 aromatic rings. The van der Waals surface area contributed by atoms with Crippen molar-refractivity contribution in [3.8, 4) is 11.1 Å². The Balaban J connectivity index is 1.77. The van der Waals surface area contributed by atoms with E-state index in [2.05, 4.69) is 24.3 Å². The molecule has 1 N–H and O–H groups in total. The minimum Gasteiger partial charge on any atom is -0.481 e. The van der Waals surface area contributed by atoms with Gasteiger partial charge in [0.05, 0.1) is 0 Å². The lowest BCUT2D eigenvalue weighted by molar-refractivity contribution is -0.137. The first-order chi connectivity index (χ1) is 10.6. The summed E-state index contributed by atoms with van der Waals surface area (Å²) >= 11 is 7.72. The van der Waals surface area contributed by atoms with Gasteiger partial charge in [0, 0.05) is 16.3 Å². The number of carboxylic acid groups (broad SMARTS) is 1. The summed E-state index contributed by atoms with van der Waals surface area (Å²) in [6, 6.07) is 16.3. The van der Waals surface area contributed by atoms with Crippen molar-refractivity contribution in [3.63, 3.8) is 0 Å². The lowest BCUT2D eigenvalue weighted by atomic mass is 10.1. The minimum atomic E-state index is -0.703. The van der Waals surface area contributed by atoms with Crippen LogP contribution in [0.3, 0.4) is 0 Å². The van der Waals surface area contributed by atoms with E-state index in [4.69, 9.17) is 16.7 Å². The Morgan fingerprint density at radius 2 is 1.50 bits per heavy atom. The van der Waals surface area contributed by atoms with Crippen molar-refractivity contribution in [1.82, 2.24) is 0 Å². The van der Waals surface area contributed by atoms with Gasteiger partial charge in [-0.25, -0.2) is 0 Å². The van der Waals surface area contributed by atoms with Gasteiger partial charge >= 0.3 is 5.97 Å². The molecule has 0 spiro atoms. The normalized spacial score (nSPS) is 10.6. The van der Waals surface area contributed by atoms with E-state index < -0.39 is 5.97 Å². The van der Waals surface area contributed by atoms with Crippen molar-refractivity contribution in [2.24, 2.45) is 0 Å². The Morgan fingerprint density at radius 1 is 0.909 bits per heavy atom. The van der Waals surface area contributed by atoms with Crippen molar-refractivity contribution in [2.45, 2.75) is 30.6 Å². The lowest BCUT2D eigenvalue weighted by Crippen LogP contribution is -1.93. The fourth-order valence-electron chi connectivity index (χ4n) is 2.13. The molecular formula is C18H19ClO2S. The summed E-state index contributed by atoms with van der Waals surface area (Å²) in [5.74, 6) is 0.324. The van der Waals surface area contributed by atoms with Crippen LogP contribution in [0.2, 0.25) is 5.02 Å². The fourth-order valence-corrected chi connectivity index (χ4v) is 3.17. The molecule has 0 saturated carbocycles. The number of benzene rings is 2. The third-order valence-corrected chi connectivity index (χ3v) is 4.69. The molecule has 0 saturated heterocycles. The van der Waals surface area contributed by atoms with Crippen LogP contribution in [0, 0.1) is 0 Å². The molecule has 0 amide bonds. The molecular weight excluding hydrogens is 316 g/mol. The van der Waals surface area contributed by atoms with E-state index in [-0.39, 0.29) is 6.42 Å². The summed E-state index contributed by atoms with van der Waals surface area (Å²) in [5.41, 5.74) is 2.34. The van der Waals surface area contributed by atoms with Gasteiger partial charge < -0.3 is 5.11 Å². The van der Waals surface area contributed by atoms with Gasteiger partial charge in [0.1, 0.15) is 0 Å². The van der Waals surface area contributed by atoms with Crippen LogP contribution < -0.4 is 0 Å². The maximum atomic E-state index is 10.4. The second kappa shape index (κ2) is 8.86. The summed E-state index contributed by atoms with van der Waals surface area (Å²) in [4.78, 5) is 11.7. The van der Waals surface area contributed by atoms with Gasteiger partial charge in [0.15, 0.2) is 0 Å². The van der Waals surface area contributed by atoms with Crippen LogP contribution in [-0.2, 0) is 4.79 Å². The molecule has 0 heterocycles. The van der Waals surface area contributed by atoms with Crippen LogP contribution in [-0.4, -0.2) is 16.8 Å². The molecule has 116 valence electrons. The fraction of sp³-hybridized carbons (Fsp3) is 0.278. The number of carboxylic acids is 1. The molecule has 0 aliphatic heterocycles. The molecule has 0 fully saturated rings. The maximum Gasteiger partial charge on any atom is 0.303 e. The Kier molecular flexibility index (Phi) is 6.81. The van der Waals surface area contributed by atoms with E-state index in [9.17, 15) is 4.79 Å². The highest BCUT2D eigenvalue weighted by molar-refractivity contribution is 7.99. The predicted octanol–water partition coefficient (Wildman–Crippen LogP) is 5.74. The highest BCUT2D eigenvalue weighted by atomic mass is 35.5. The second-order valence-corrected chi connectivity index (χ2v) is 6.69. The molecule has 0 aromatic heterocycles. The van der Waals surface area contributed by atoms with Gasteiger partial charge in [-0.2, -0.15) is 0 Å². The van der Waals surface area contributed by atoms with Gasteiger partial charge in [-0.1, -0.05) is 42.3 Å². The smallest absolute Gasteiger partial charge is 0.303 e. The number of thioether (sulfide) groups is 1. The summed E-state index contributed by atoms with van der Waals surface area (Å²) < 4.78 is 0. The van der Waals surface area contributed by atoms with Crippen LogP contribution in [0.15, 0.2) is 53.4 Å². The zero-order valence-electron chi connectivity index (χ0n) is 12.3. The van der Waals surface area contributed by atoms with E-state index in [1.807, 2.05) is 36.0 Å². The zero-order chi connectivity index (χ0) is 15.8. The maximum absolute atomic E-state index is 10.4. The number of hydrogen-bond donors (Lipinski definition) is 1. The standard InChI is InChI=1S/C18H19ClO2S/c19-16-9-5-14(6-10-16)15-7-11-17(12-8-15)22-13-3-1-2-4-18(20)21/h5-12H,1-4,13H2,(H,20,21). The van der Waals surface area contributed by atoms with Crippen molar-refractivity contribution in [1.29, 1.82) is 0 Å². The molecule has 0 radical (unpaired) electrons. The van der Waals surface area contributed by atoms with Crippen molar-refractivity contribution < 1.29 is 9.90 Å². The average molecular weight is 335 g/mol. The van der Waals surface area contributed by atoms with Crippen LogP contribution in [0.4, 0.5) is 0 Å². The molecule has 0 unspecified atom stereocenters.